The molecule has 0 amide bonds. The molecule has 132 valence electrons. The molecule has 1 aliphatic carbocycles. The summed E-state index contributed by atoms with van der Waals surface area (Å²) in [5.41, 5.74) is 0. The SMILES string of the molecule is Brc1ccc(-c2nnc(CSc3nnc(-c4cccs4)n3C3CC3)o2)o1. The summed E-state index contributed by atoms with van der Waals surface area (Å²) in [6.07, 6.45) is 2.34. The minimum atomic E-state index is 0.370. The molecule has 5 rings (SSSR count). The third-order valence-corrected chi connectivity index (χ3v) is 6.11. The Balaban J connectivity index is 1.35. The first-order chi connectivity index (χ1) is 12.8. The van der Waals surface area contributed by atoms with Crippen molar-refractivity contribution in [2.45, 2.75) is 29.8 Å². The van der Waals surface area contributed by atoms with Gasteiger partial charge < -0.3 is 8.83 Å². The molecule has 10 heteroatoms. The molecule has 4 aromatic rings. The second-order valence-electron chi connectivity index (χ2n) is 5.78. The zero-order chi connectivity index (χ0) is 17.5. The molecule has 7 nitrogen and oxygen atoms in total. The van der Waals surface area contributed by atoms with Crippen LogP contribution in [-0.4, -0.2) is 25.0 Å². The minimum Gasteiger partial charge on any atom is -0.444 e. The Labute approximate surface area is 165 Å². The molecule has 0 aromatic carbocycles. The van der Waals surface area contributed by atoms with E-state index in [0.717, 1.165) is 15.9 Å². The molecule has 0 aliphatic heterocycles. The van der Waals surface area contributed by atoms with Gasteiger partial charge in [-0.3, -0.25) is 4.57 Å². The summed E-state index contributed by atoms with van der Waals surface area (Å²) in [6.45, 7) is 0. The number of aromatic nitrogens is 5. The van der Waals surface area contributed by atoms with Gasteiger partial charge in [-0.2, -0.15) is 0 Å². The van der Waals surface area contributed by atoms with E-state index in [1.165, 1.54) is 12.8 Å². The Kier molecular flexibility index (Phi) is 4.18. The van der Waals surface area contributed by atoms with Crippen LogP contribution in [0.25, 0.3) is 22.4 Å². The maximum absolute atomic E-state index is 5.69. The van der Waals surface area contributed by atoms with Gasteiger partial charge in [0.05, 0.1) is 10.6 Å². The van der Waals surface area contributed by atoms with Gasteiger partial charge in [0, 0.05) is 6.04 Å². The lowest BCUT2D eigenvalue weighted by atomic mass is 10.4. The number of thioether (sulfide) groups is 1. The summed E-state index contributed by atoms with van der Waals surface area (Å²) >= 11 is 6.50. The van der Waals surface area contributed by atoms with Crippen molar-refractivity contribution in [2.24, 2.45) is 0 Å². The first-order valence-corrected chi connectivity index (χ1v) is 10.6. The van der Waals surface area contributed by atoms with E-state index in [1.54, 1.807) is 35.2 Å². The van der Waals surface area contributed by atoms with E-state index in [1.807, 2.05) is 6.07 Å². The van der Waals surface area contributed by atoms with Crippen molar-refractivity contribution in [3.05, 3.63) is 40.2 Å². The monoisotopic (exact) mass is 449 g/mol. The highest BCUT2D eigenvalue weighted by Crippen LogP contribution is 2.42. The van der Waals surface area contributed by atoms with Crippen LogP contribution in [0.5, 0.6) is 0 Å². The molecule has 0 unspecified atom stereocenters. The summed E-state index contributed by atoms with van der Waals surface area (Å²) in [7, 11) is 0. The van der Waals surface area contributed by atoms with Gasteiger partial charge in [-0.25, -0.2) is 0 Å². The van der Waals surface area contributed by atoms with Gasteiger partial charge in [-0.1, -0.05) is 17.8 Å². The summed E-state index contributed by atoms with van der Waals surface area (Å²) in [5, 5.41) is 19.9. The van der Waals surface area contributed by atoms with E-state index >= 15 is 0 Å². The van der Waals surface area contributed by atoms with E-state index in [2.05, 4.69) is 52.3 Å². The molecule has 4 aromatic heterocycles. The van der Waals surface area contributed by atoms with Gasteiger partial charge in [-0.05, 0) is 52.4 Å². The number of nitrogens with zero attached hydrogens (tertiary/aromatic N) is 5. The molecular formula is C16H12BrN5O2S2. The third kappa shape index (κ3) is 3.12. The topological polar surface area (TPSA) is 82.8 Å². The molecule has 0 spiro atoms. The zero-order valence-corrected chi connectivity index (χ0v) is 16.6. The smallest absolute Gasteiger partial charge is 0.283 e. The van der Waals surface area contributed by atoms with Crippen molar-refractivity contribution in [1.82, 2.24) is 25.0 Å². The van der Waals surface area contributed by atoms with Crippen molar-refractivity contribution >= 4 is 39.0 Å². The Morgan fingerprint density at radius 1 is 1.15 bits per heavy atom. The number of hydrogen-bond acceptors (Lipinski definition) is 8. The fraction of sp³-hybridized carbons (Fsp3) is 0.250. The van der Waals surface area contributed by atoms with Crippen LogP contribution in [0.4, 0.5) is 0 Å². The molecule has 0 N–H and O–H groups in total. The van der Waals surface area contributed by atoms with E-state index in [0.29, 0.717) is 34.0 Å². The minimum absolute atomic E-state index is 0.370. The second-order valence-corrected chi connectivity index (χ2v) is 8.45. The van der Waals surface area contributed by atoms with E-state index < -0.39 is 0 Å². The lowest BCUT2D eigenvalue weighted by molar-refractivity contribution is 0.486. The van der Waals surface area contributed by atoms with Crippen LogP contribution in [0.2, 0.25) is 0 Å². The number of thiophene rings is 1. The summed E-state index contributed by atoms with van der Waals surface area (Å²) in [6, 6.07) is 8.17. The van der Waals surface area contributed by atoms with Gasteiger partial charge in [-0.15, -0.1) is 31.7 Å². The highest BCUT2D eigenvalue weighted by molar-refractivity contribution is 9.10. The fourth-order valence-electron chi connectivity index (χ4n) is 2.58. The Hall–Kier alpha value is -1.91. The van der Waals surface area contributed by atoms with Crippen LogP contribution in [0.3, 0.4) is 0 Å². The summed E-state index contributed by atoms with van der Waals surface area (Å²) in [4.78, 5) is 1.14. The molecule has 1 fully saturated rings. The quantitative estimate of drug-likeness (QED) is 0.381. The lowest BCUT2D eigenvalue weighted by Crippen LogP contribution is -1.99. The predicted molar refractivity (Wildman–Crippen MR) is 101 cm³/mol. The van der Waals surface area contributed by atoms with E-state index in [9.17, 15) is 0 Å². The van der Waals surface area contributed by atoms with Gasteiger partial charge in [0.1, 0.15) is 0 Å². The van der Waals surface area contributed by atoms with Gasteiger partial charge in [0.15, 0.2) is 21.4 Å². The first-order valence-electron chi connectivity index (χ1n) is 7.97. The fourth-order valence-corrected chi connectivity index (χ4v) is 4.43. The lowest BCUT2D eigenvalue weighted by Gasteiger charge is -2.06. The molecule has 0 bridgehead atoms. The Bertz CT molecular complexity index is 1040. The molecular weight excluding hydrogens is 438 g/mol. The molecule has 4 heterocycles. The highest BCUT2D eigenvalue weighted by Gasteiger charge is 2.30. The number of furan rings is 1. The van der Waals surface area contributed by atoms with Crippen LogP contribution in [0.15, 0.2) is 48.3 Å². The largest absolute Gasteiger partial charge is 0.444 e. The van der Waals surface area contributed by atoms with Gasteiger partial charge in [0.25, 0.3) is 5.89 Å². The Morgan fingerprint density at radius 3 is 2.81 bits per heavy atom. The van der Waals surface area contributed by atoms with Crippen molar-refractivity contribution in [3.63, 3.8) is 0 Å². The zero-order valence-electron chi connectivity index (χ0n) is 13.3. The van der Waals surface area contributed by atoms with Crippen LogP contribution < -0.4 is 0 Å². The average molecular weight is 450 g/mol. The van der Waals surface area contributed by atoms with E-state index in [-0.39, 0.29) is 0 Å². The van der Waals surface area contributed by atoms with Crippen molar-refractivity contribution in [2.75, 3.05) is 0 Å². The number of rotatable bonds is 6. The third-order valence-electron chi connectivity index (χ3n) is 3.89. The maximum atomic E-state index is 5.69. The van der Waals surface area contributed by atoms with Crippen molar-refractivity contribution in [3.8, 4) is 22.4 Å². The van der Waals surface area contributed by atoms with Crippen LogP contribution in [-0.2, 0) is 5.75 Å². The summed E-state index contributed by atoms with van der Waals surface area (Å²) in [5.74, 6) is 2.91. The highest BCUT2D eigenvalue weighted by atomic mass is 79.9. The van der Waals surface area contributed by atoms with Crippen molar-refractivity contribution < 1.29 is 8.83 Å². The second kappa shape index (κ2) is 6.67. The number of halogens is 1. The normalized spacial score (nSPS) is 14.2. The Morgan fingerprint density at radius 2 is 2.08 bits per heavy atom. The van der Waals surface area contributed by atoms with Crippen molar-refractivity contribution in [1.29, 1.82) is 0 Å². The molecule has 0 saturated heterocycles. The molecule has 26 heavy (non-hydrogen) atoms. The molecule has 0 radical (unpaired) electrons. The van der Waals surface area contributed by atoms with Crippen LogP contribution >= 0.6 is 39.0 Å². The standard InChI is InChI=1S/C16H12BrN5O2S2/c17-12-6-5-10(23-12)15-20-18-13(24-15)8-26-16-21-19-14(11-2-1-7-25-11)22(16)9-3-4-9/h1-2,5-7,9H,3-4,8H2. The summed E-state index contributed by atoms with van der Waals surface area (Å²) < 4.78 is 14.0. The molecule has 1 aliphatic rings. The van der Waals surface area contributed by atoms with Crippen LogP contribution in [0.1, 0.15) is 24.8 Å². The predicted octanol–water partition coefficient (Wildman–Crippen LogP) is 5.04. The first kappa shape index (κ1) is 16.3. The maximum Gasteiger partial charge on any atom is 0.283 e. The van der Waals surface area contributed by atoms with Gasteiger partial charge in [0.2, 0.25) is 5.89 Å². The van der Waals surface area contributed by atoms with Gasteiger partial charge >= 0.3 is 0 Å². The number of hydrogen-bond donors (Lipinski definition) is 0. The molecule has 1 saturated carbocycles. The van der Waals surface area contributed by atoms with Crippen LogP contribution in [0, 0.1) is 0 Å². The average Bonchev–Trinajstić information content (AvgIpc) is 3.13. The molecule has 0 atom stereocenters. The van der Waals surface area contributed by atoms with E-state index in [4.69, 9.17) is 8.83 Å².